The van der Waals surface area contributed by atoms with Crippen LogP contribution < -0.4 is 5.69 Å². The monoisotopic (exact) mass is 183 g/mol. The second-order valence-electron chi connectivity index (χ2n) is 3.57. The van der Waals surface area contributed by atoms with Gasteiger partial charge in [0.05, 0.1) is 12.6 Å². The van der Waals surface area contributed by atoms with Crippen molar-refractivity contribution in [3.05, 3.63) is 16.8 Å². The number of H-pyrrole nitrogens is 1. The van der Waals surface area contributed by atoms with Crippen LogP contribution in [-0.4, -0.2) is 26.0 Å². The Morgan fingerprint density at radius 3 is 3.00 bits per heavy atom. The average molecular weight is 183 g/mol. The summed E-state index contributed by atoms with van der Waals surface area (Å²) in [5, 5.41) is 15.6. The summed E-state index contributed by atoms with van der Waals surface area (Å²) in [5.74, 6) is 0.377. The number of aromatic nitrogens is 3. The molecule has 5 heteroatoms. The number of rotatable bonds is 3. The molecule has 1 aliphatic rings. The lowest BCUT2D eigenvalue weighted by molar-refractivity contribution is 0.0480. The Hall–Kier alpha value is -1.10. The van der Waals surface area contributed by atoms with Gasteiger partial charge in [-0.2, -0.15) is 5.10 Å². The van der Waals surface area contributed by atoms with E-state index in [0.717, 1.165) is 12.8 Å². The first-order valence-corrected chi connectivity index (χ1v) is 4.55. The normalized spacial score (nSPS) is 19.8. The van der Waals surface area contributed by atoms with E-state index >= 15 is 0 Å². The molecule has 0 radical (unpaired) electrons. The average Bonchev–Trinajstić information content (AvgIpc) is 2.32. The van der Waals surface area contributed by atoms with E-state index in [-0.39, 0.29) is 5.69 Å². The van der Waals surface area contributed by atoms with Crippen molar-refractivity contribution in [3.63, 3.8) is 0 Å². The predicted octanol–water partition coefficient (Wildman–Crippen LogP) is -0.268. The van der Waals surface area contributed by atoms with E-state index in [2.05, 4.69) is 10.2 Å². The van der Waals surface area contributed by atoms with Crippen molar-refractivity contribution < 1.29 is 5.11 Å². The van der Waals surface area contributed by atoms with Crippen molar-refractivity contribution in [1.82, 2.24) is 14.8 Å². The SMILES string of the molecule is O=c1[nH]ncn1CC(O)C1CCC1. The van der Waals surface area contributed by atoms with Gasteiger partial charge in [0.25, 0.3) is 0 Å². The highest BCUT2D eigenvalue weighted by molar-refractivity contribution is 4.78. The molecule has 2 rings (SSSR count). The molecule has 5 nitrogen and oxygen atoms in total. The summed E-state index contributed by atoms with van der Waals surface area (Å²) in [6, 6.07) is 0. The fourth-order valence-electron chi connectivity index (χ4n) is 1.58. The van der Waals surface area contributed by atoms with Crippen molar-refractivity contribution >= 4 is 0 Å². The third-order valence-corrected chi connectivity index (χ3v) is 2.70. The molecule has 1 saturated carbocycles. The third-order valence-electron chi connectivity index (χ3n) is 2.70. The van der Waals surface area contributed by atoms with Gasteiger partial charge in [0.15, 0.2) is 0 Å². The number of aliphatic hydroxyl groups excluding tert-OH is 1. The molecule has 1 heterocycles. The summed E-state index contributed by atoms with van der Waals surface area (Å²) in [6.07, 6.45) is 4.37. The molecule has 0 aromatic carbocycles. The number of aliphatic hydroxyl groups is 1. The van der Waals surface area contributed by atoms with E-state index in [9.17, 15) is 9.90 Å². The lowest BCUT2D eigenvalue weighted by atomic mass is 9.81. The van der Waals surface area contributed by atoms with E-state index < -0.39 is 6.10 Å². The van der Waals surface area contributed by atoms with Crippen molar-refractivity contribution in [2.45, 2.75) is 31.9 Å². The molecule has 1 fully saturated rings. The van der Waals surface area contributed by atoms with Gasteiger partial charge in [0.1, 0.15) is 6.33 Å². The number of nitrogens with one attached hydrogen (secondary N) is 1. The van der Waals surface area contributed by atoms with E-state index in [4.69, 9.17) is 0 Å². The first-order valence-electron chi connectivity index (χ1n) is 4.55. The van der Waals surface area contributed by atoms with Crippen LogP contribution in [0.25, 0.3) is 0 Å². The molecular weight excluding hydrogens is 170 g/mol. The minimum Gasteiger partial charge on any atom is -0.391 e. The zero-order valence-electron chi connectivity index (χ0n) is 7.31. The standard InChI is InChI=1S/C8H13N3O2/c12-7(6-2-1-3-6)4-11-5-9-10-8(11)13/h5-7,12H,1-4H2,(H,10,13). The minimum absolute atomic E-state index is 0.252. The van der Waals surface area contributed by atoms with E-state index in [1.54, 1.807) is 0 Å². The summed E-state index contributed by atoms with van der Waals surface area (Å²) in [5.41, 5.74) is -0.252. The predicted molar refractivity (Wildman–Crippen MR) is 46.2 cm³/mol. The van der Waals surface area contributed by atoms with Crippen LogP contribution in [0.3, 0.4) is 0 Å². The molecule has 1 unspecified atom stereocenters. The number of hydrogen-bond acceptors (Lipinski definition) is 3. The lowest BCUT2D eigenvalue weighted by Crippen LogP contribution is -2.33. The molecule has 0 amide bonds. The molecule has 0 aliphatic heterocycles. The van der Waals surface area contributed by atoms with Gasteiger partial charge in [-0.25, -0.2) is 9.89 Å². The lowest BCUT2D eigenvalue weighted by Gasteiger charge is -2.29. The molecule has 1 aromatic rings. The van der Waals surface area contributed by atoms with Crippen LogP contribution in [0.15, 0.2) is 11.1 Å². The fourth-order valence-corrected chi connectivity index (χ4v) is 1.58. The zero-order valence-corrected chi connectivity index (χ0v) is 7.31. The van der Waals surface area contributed by atoms with Crippen LogP contribution in [0.4, 0.5) is 0 Å². The molecule has 13 heavy (non-hydrogen) atoms. The summed E-state index contributed by atoms with van der Waals surface area (Å²) < 4.78 is 1.41. The van der Waals surface area contributed by atoms with Gasteiger partial charge in [-0.15, -0.1) is 0 Å². The van der Waals surface area contributed by atoms with Crippen LogP contribution in [0.1, 0.15) is 19.3 Å². The van der Waals surface area contributed by atoms with Crippen LogP contribution in [0, 0.1) is 5.92 Å². The Labute approximate surface area is 75.4 Å². The number of hydrogen-bond donors (Lipinski definition) is 2. The van der Waals surface area contributed by atoms with E-state index in [0.29, 0.717) is 12.5 Å². The maximum absolute atomic E-state index is 11.0. The Morgan fingerprint density at radius 1 is 1.77 bits per heavy atom. The molecule has 72 valence electrons. The maximum Gasteiger partial charge on any atom is 0.343 e. The van der Waals surface area contributed by atoms with Crippen LogP contribution in [-0.2, 0) is 6.54 Å². The zero-order chi connectivity index (χ0) is 9.26. The quantitative estimate of drug-likeness (QED) is 0.677. The maximum atomic E-state index is 11.0. The summed E-state index contributed by atoms with van der Waals surface area (Å²) >= 11 is 0. The molecule has 0 spiro atoms. The third kappa shape index (κ3) is 1.65. The highest BCUT2D eigenvalue weighted by atomic mass is 16.3. The first kappa shape index (κ1) is 8.50. The second kappa shape index (κ2) is 3.33. The molecule has 0 bridgehead atoms. The largest absolute Gasteiger partial charge is 0.391 e. The van der Waals surface area contributed by atoms with Gasteiger partial charge in [0.2, 0.25) is 0 Å². The first-order chi connectivity index (χ1) is 6.27. The van der Waals surface area contributed by atoms with Gasteiger partial charge < -0.3 is 5.11 Å². The molecular formula is C8H13N3O2. The van der Waals surface area contributed by atoms with Gasteiger partial charge >= 0.3 is 5.69 Å². The molecule has 1 atom stereocenters. The van der Waals surface area contributed by atoms with Gasteiger partial charge in [0, 0.05) is 0 Å². The molecule has 0 saturated heterocycles. The van der Waals surface area contributed by atoms with Crippen molar-refractivity contribution in [1.29, 1.82) is 0 Å². The molecule has 2 N–H and O–H groups in total. The Morgan fingerprint density at radius 2 is 2.54 bits per heavy atom. The fraction of sp³-hybridized carbons (Fsp3) is 0.750. The van der Waals surface area contributed by atoms with Crippen LogP contribution >= 0.6 is 0 Å². The highest BCUT2D eigenvalue weighted by Crippen LogP contribution is 2.29. The molecule has 1 aromatic heterocycles. The Kier molecular flexibility index (Phi) is 2.18. The van der Waals surface area contributed by atoms with E-state index in [1.165, 1.54) is 17.3 Å². The smallest absolute Gasteiger partial charge is 0.343 e. The van der Waals surface area contributed by atoms with Crippen LogP contribution in [0.5, 0.6) is 0 Å². The van der Waals surface area contributed by atoms with Crippen LogP contribution in [0.2, 0.25) is 0 Å². The van der Waals surface area contributed by atoms with Crippen molar-refractivity contribution in [2.24, 2.45) is 5.92 Å². The number of aromatic amines is 1. The topological polar surface area (TPSA) is 70.9 Å². The Balaban J connectivity index is 1.97. The minimum atomic E-state index is -0.399. The van der Waals surface area contributed by atoms with Gasteiger partial charge in [-0.1, -0.05) is 6.42 Å². The molecule has 1 aliphatic carbocycles. The highest BCUT2D eigenvalue weighted by Gasteiger charge is 2.25. The van der Waals surface area contributed by atoms with Gasteiger partial charge in [-0.3, -0.25) is 4.57 Å². The van der Waals surface area contributed by atoms with Crippen molar-refractivity contribution in [3.8, 4) is 0 Å². The summed E-state index contributed by atoms with van der Waals surface area (Å²) in [4.78, 5) is 11.0. The Bertz CT molecular complexity index is 326. The van der Waals surface area contributed by atoms with E-state index in [1.807, 2.05) is 0 Å². The second-order valence-corrected chi connectivity index (χ2v) is 3.57. The van der Waals surface area contributed by atoms with Crippen molar-refractivity contribution in [2.75, 3.05) is 0 Å². The number of nitrogens with zero attached hydrogens (tertiary/aromatic N) is 2. The summed E-state index contributed by atoms with van der Waals surface area (Å²) in [6.45, 7) is 0.361. The van der Waals surface area contributed by atoms with Gasteiger partial charge in [-0.05, 0) is 18.8 Å². The summed E-state index contributed by atoms with van der Waals surface area (Å²) in [7, 11) is 0.